The number of carbonyl (C=O) groups is 2. The molecule has 7 heteroatoms. The van der Waals surface area contributed by atoms with Crippen molar-refractivity contribution in [3.8, 4) is 0 Å². The Labute approximate surface area is 135 Å². The van der Waals surface area contributed by atoms with Crippen LogP contribution in [-0.4, -0.2) is 56.2 Å². The SMILES string of the molecule is CCOC(=O)CC(=O)COCc1ccc(CN2CCOCC2)o1. The number of ketones is 1. The van der Waals surface area contributed by atoms with Crippen molar-refractivity contribution in [3.63, 3.8) is 0 Å². The topological polar surface area (TPSA) is 78.2 Å². The fourth-order valence-corrected chi connectivity index (χ4v) is 2.25. The van der Waals surface area contributed by atoms with Crippen LogP contribution in [0.1, 0.15) is 24.9 Å². The number of hydrogen-bond donors (Lipinski definition) is 0. The van der Waals surface area contributed by atoms with Gasteiger partial charge >= 0.3 is 5.97 Å². The first-order chi connectivity index (χ1) is 11.2. The number of furan rings is 1. The van der Waals surface area contributed by atoms with E-state index in [4.69, 9.17) is 18.6 Å². The Kier molecular flexibility index (Phi) is 7.25. The van der Waals surface area contributed by atoms with Gasteiger partial charge in [0, 0.05) is 13.1 Å². The lowest BCUT2D eigenvalue weighted by Gasteiger charge is -2.25. The molecule has 23 heavy (non-hydrogen) atoms. The molecule has 1 fully saturated rings. The Morgan fingerprint density at radius 3 is 2.70 bits per heavy atom. The van der Waals surface area contributed by atoms with Crippen LogP contribution in [0.15, 0.2) is 16.5 Å². The molecule has 1 saturated heterocycles. The van der Waals surface area contributed by atoms with E-state index in [0.29, 0.717) is 5.76 Å². The molecule has 0 aliphatic carbocycles. The van der Waals surface area contributed by atoms with Crippen LogP contribution in [0.5, 0.6) is 0 Å². The molecular weight excluding hydrogens is 302 g/mol. The second-order valence-corrected chi connectivity index (χ2v) is 5.27. The minimum atomic E-state index is -0.521. The quantitative estimate of drug-likeness (QED) is 0.498. The zero-order valence-electron chi connectivity index (χ0n) is 13.4. The number of nitrogens with zero attached hydrogens (tertiary/aromatic N) is 1. The van der Waals surface area contributed by atoms with Gasteiger partial charge in [-0.15, -0.1) is 0 Å². The first-order valence-electron chi connectivity index (χ1n) is 7.80. The van der Waals surface area contributed by atoms with Crippen molar-refractivity contribution in [2.45, 2.75) is 26.5 Å². The predicted molar refractivity (Wildman–Crippen MR) is 80.7 cm³/mol. The summed E-state index contributed by atoms with van der Waals surface area (Å²) in [7, 11) is 0. The van der Waals surface area contributed by atoms with Gasteiger partial charge < -0.3 is 18.6 Å². The Balaban J connectivity index is 1.66. The van der Waals surface area contributed by atoms with Crippen molar-refractivity contribution in [2.24, 2.45) is 0 Å². The summed E-state index contributed by atoms with van der Waals surface area (Å²) in [5.41, 5.74) is 0. The molecule has 1 aromatic heterocycles. The Hall–Kier alpha value is -1.70. The molecule has 7 nitrogen and oxygen atoms in total. The van der Waals surface area contributed by atoms with Gasteiger partial charge in [-0.2, -0.15) is 0 Å². The van der Waals surface area contributed by atoms with Crippen LogP contribution in [0.25, 0.3) is 0 Å². The van der Waals surface area contributed by atoms with Crippen molar-refractivity contribution in [2.75, 3.05) is 39.5 Å². The van der Waals surface area contributed by atoms with Crippen molar-refractivity contribution < 1.29 is 28.2 Å². The smallest absolute Gasteiger partial charge is 0.313 e. The van der Waals surface area contributed by atoms with Gasteiger partial charge in [-0.25, -0.2) is 0 Å². The third-order valence-corrected chi connectivity index (χ3v) is 3.35. The van der Waals surface area contributed by atoms with Crippen molar-refractivity contribution in [3.05, 3.63) is 23.7 Å². The summed E-state index contributed by atoms with van der Waals surface area (Å²) in [4.78, 5) is 24.9. The van der Waals surface area contributed by atoms with E-state index in [-0.39, 0.29) is 32.0 Å². The molecule has 1 aliphatic heterocycles. The zero-order chi connectivity index (χ0) is 16.5. The van der Waals surface area contributed by atoms with E-state index in [0.717, 1.165) is 38.6 Å². The van der Waals surface area contributed by atoms with Crippen LogP contribution in [0.3, 0.4) is 0 Å². The minimum absolute atomic E-state index is 0.127. The number of rotatable bonds is 9. The van der Waals surface area contributed by atoms with E-state index >= 15 is 0 Å². The number of hydrogen-bond acceptors (Lipinski definition) is 7. The fraction of sp³-hybridized carbons (Fsp3) is 0.625. The summed E-state index contributed by atoms with van der Waals surface area (Å²) in [6.07, 6.45) is -0.256. The minimum Gasteiger partial charge on any atom is -0.466 e. The summed E-state index contributed by atoms with van der Waals surface area (Å²) in [6.45, 7) is 6.08. The lowest BCUT2D eigenvalue weighted by molar-refractivity contribution is -0.146. The molecule has 0 spiro atoms. The molecule has 0 amide bonds. The first-order valence-corrected chi connectivity index (χ1v) is 7.80. The van der Waals surface area contributed by atoms with E-state index < -0.39 is 5.97 Å². The van der Waals surface area contributed by atoms with Gasteiger partial charge in [0.2, 0.25) is 0 Å². The molecule has 2 heterocycles. The Morgan fingerprint density at radius 1 is 1.22 bits per heavy atom. The van der Waals surface area contributed by atoms with Crippen molar-refractivity contribution in [1.29, 1.82) is 0 Å². The van der Waals surface area contributed by atoms with Crippen molar-refractivity contribution in [1.82, 2.24) is 4.90 Å². The molecule has 0 saturated carbocycles. The maximum atomic E-state index is 11.5. The number of carbonyl (C=O) groups excluding carboxylic acids is 2. The molecule has 0 atom stereocenters. The molecule has 1 aliphatic rings. The third kappa shape index (κ3) is 6.52. The molecule has 0 unspecified atom stereocenters. The molecule has 2 rings (SSSR count). The standard InChI is InChI=1S/C16H23NO6/c1-2-22-16(19)9-13(18)11-21-12-15-4-3-14(23-15)10-17-5-7-20-8-6-17/h3-4H,2,5-12H2,1H3. The lowest BCUT2D eigenvalue weighted by Crippen LogP contribution is -2.35. The highest BCUT2D eigenvalue weighted by atomic mass is 16.5. The van der Waals surface area contributed by atoms with Crippen LogP contribution < -0.4 is 0 Å². The number of morpholine rings is 1. The Morgan fingerprint density at radius 2 is 1.96 bits per heavy atom. The molecule has 0 aromatic carbocycles. The number of Topliss-reactive ketones (excluding diaryl/α,β-unsaturated/α-hetero) is 1. The van der Waals surface area contributed by atoms with E-state index in [9.17, 15) is 9.59 Å². The maximum Gasteiger partial charge on any atom is 0.313 e. The second-order valence-electron chi connectivity index (χ2n) is 5.27. The second kappa shape index (κ2) is 9.44. The van der Waals surface area contributed by atoms with Crippen molar-refractivity contribution >= 4 is 11.8 Å². The lowest BCUT2D eigenvalue weighted by atomic mass is 10.3. The maximum absolute atomic E-state index is 11.5. The van der Waals surface area contributed by atoms with Gasteiger partial charge in [0.15, 0.2) is 5.78 Å². The normalized spacial score (nSPS) is 15.5. The highest BCUT2D eigenvalue weighted by Crippen LogP contribution is 2.12. The van der Waals surface area contributed by atoms with Gasteiger partial charge in [0.25, 0.3) is 0 Å². The summed E-state index contributed by atoms with van der Waals surface area (Å²) in [5.74, 6) is 0.705. The van der Waals surface area contributed by atoms with E-state index in [1.165, 1.54) is 0 Å². The summed E-state index contributed by atoms with van der Waals surface area (Å²) in [6, 6.07) is 3.75. The Bertz CT molecular complexity index is 506. The van der Waals surface area contributed by atoms with Gasteiger partial charge in [-0.05, 0) is 19.1 Å². The van der Waals surface area contributed by atoms with E-state index in [1.54, 1.807) is 6.92 Å². The predicted octanol–water partition coefficient (Wildman–Crippen LogP) is 1.15. The zero-order valence-corrected chi connectivity index (χ0v) is 13.4. The van der Waals surface area contributed by atoms with Gasteiger partial charge in [0.1, 0.15) is 31.2 Å². The summed E-state index contributed by atoms with van der Waals surface area (Å²) < 4.78 is 21.0. The third-order valence-electron chi connectivity index (χ3n) is 3.35. The highest BCUT2D eigenvalue weighted by Gasteiger charge is 2.14. The average Bonchev–Trinajstić information content (AvgIpc) is 2.96. The first kappa shape index (κ1) is 17.7. The summed E-state index contributed by atoms with van der Waals surface area (Å²) in [5, 5.41) is 0. The van der Waals surface area contributed by atoms with Crippen LogP contribution in [0, 0.1) is 0 Å². The molecule has 0 radical (unpaired) electrons. The number of esters is 1. The van der Waals surface area contributed by atoms with Crippen LogP contribution >= 0.6 is 0 Å². The monoisotopic (exact) mass is 325 g/mol. The molecule has 0 bridgehead atoms. The van der Waals surface area contributed by atoms with Gasteiger partial charge in [-0.3, -0.25) is 14.5 Å². The molecule has 128 valence electrons. The molecular formula is C16H23NO6. The van der Waals surface area contributed by atoms with E-state index in [2.05, 4.69) is 4.90 Å². The molecule has 0 N–H and O–H groups in total. The van der Waals surface area contributed by atoms with Crippen LogP contribution in [0.2, 0.25) is 0 Å². The fourth-order valence-electron chi connectivity index (χ4n) is 2.25. The van der Waals surface area contributed by atoms with Crippen LogP contribution in [-0.2, 0) is 37.0 Å². The molecule has 1 aromatic rings. The van der Waals surface area contributed by atoms with Gasteiger partial charge in [0.05, 0.1) is 26.4 Å². The average molecular weight is 325 g/mol. The van der Waals surface area contributed by atoms with Crippen LogP contribution in [0.4, 0.5) is 0 Å². The highest BCUT2D eigenvalue weighted by molar-refractivity contribution is 5.96. The van der Waals surface area contributed by atoms with Gasteiger partial charge in [-0.1, -0.05) is 0 Å². The number of ether oxygens (including phenoxy) is 3. The van der Waals surface area contributed by atoms with E-state index in [1.807, 2.05) is 12.1 Å². The largest absolute Gasteiger partial charge is 0.466 e. The summed E-state index contributed by atoms with van der Waals surface area (Å²) >= 11 is 0.